The highest BCUT2D eigenvalue weighted by atomic mass is 16.6. The molecule has 1 rings (SSSR count). The maximum atomic E-state index is 13.2. The molecule has 33 heavy (non-hydrogen) atoms. The van der Waals surface area contributed by atoms with Gasteiger partial charge in [-0.1, -0.05) is 25.0 Å². The minimum absolute atomic E-state index is 0.147. The Bertz CT molecular complexity index is 678. The summed E-state index contributed by atoms with van der Waals surface area (Å²) in [6.45, 7) is 17.4. The van der Waals surface area contributed by atoms with Crippen LogP contribution in [-0.4, -0.2) is 70.3 Å². The third-order valence-corrected chi connectivity index (χ3v) is 4.66. The van der Waals surface area contributed by atoms with Crippen LogP contribution in [0.4, 0.5) is 9.59 Å². The van der Waals surface area contributed by atoms with Crippen LogP contribution in [0.15, 0.2) is 12.2 Å². The molecule has 9 heteroatoms. The molecule has 0 aromatic carbocycles. The van der Waals surface area contributed by atoms with Gasteiger partial charge in [0.1, 0.15) is 29.5 Å². The standard InChI is InChI=1S/C24H41NO8/c1-15(2)14-30-19-16(3)31-20(27)17(12-10-11-13-18(19)26)25(21(28)32-23(4,5)6)22(29)33-24(7,8)9/h16-19,26H,1,10-14H2,2-9H3/t16-,17-,18-,19-/m0/s1. The third-order valence-electron chi connectivity index (χ3n) is 4.66. The van der Waals surface area contributed by atoms with Crippen LogP contribution in [0.5, 0.6) is 0 Å². The smallest absolute Gasteiger partial charge is 0.420 e. The van der Waals surface area contributed by atoms with Gasteiger partial charge >= 0.3 is 18.2 Å². The number of imide groups is 1. The van der Waals surface area contributed by atoms with E-state index >= 15 is 0 Å². The molecule has 0 unspecified atom stereocenters. The van der Waals surface area contributed by atoms with Gasteiger partial charge in [-0.25, -0.2) is 14.4 Å². The highest BCUT2D eigenvalue weighted by molar-refractivity contribution is 5.94. The fourth-order valence-electron chi connectivity index (χ4n) is 3.29. The number of hydrogen-bond donors (Lipinski definition) is 1. The molecule has 0 aromatic rings. The molecule has 0 radical (unpaired) electrons. The van der Waals surface area contributed by atoms with E-state index < -0.39 is 53.7 Å². The van der Waals surface area contributed by atoms with Gasteiger partial charge < -0.3 is 24.1 Å². The maximum absolute atomic E-state index is 13.2. The molecular weight excluding hydrogens is 430 g/mol. The zero-order chi connectivity index (χ0) is 25.6. The van der Waals surface area contributed by atoms with E-state index in [1.54, 1.807) is 55.4 Å². The van der Waals surface area contributed by atoms with E-state index in [1.807, 2.05) is 0 Å². The molecule has 4 atom stereocenters. The predicted molar refractivity (Wildman–Crippen MR) is 123 cm³/mol. The summed E-state index contributed by atoms with van der Waals surface area (Å²) < 4.78 is 22.1. The van der Waals surface area contributed by atoms with E-state index in [-0.39, 0.29) is 13.0 Å². The van der Waals surface area contributed by atoms with Gasteiger partial charge in [-0.3, -0.25) is 0 Å². The summed E-state index contributed by atoms with van der Waals surface area (Å²) in [5, 5.41) is 10.6. The number of carbonyl (C=O) groups is 3. The van der Waals surface area contributed by atoms with Crippen molar-refractivity contribution >= 4 is 18.2 Å². The van der Waals surface area contributed by atoms with Crippen LogP contribution in [0.2, 0.25) is 0 Å². The van der Waals surface area contributed by atoms with Gasteiger partial charge in [0.2, 0.25) is 0 Å². The van der Waals surface area contributed by atoms with Crippen LogP contribution in [0.3, 0.4) is 0 Å². The number of nitrogens with zero attached hydrogens (tertiary/aromatic N) is 1. The average Bonchev–Trinajstić information content (AvgIpc) is 2.60. The topological polar surface area (TPSA) is 112 Å². The Labute approximate surface area is 197 Å². The molecule has 1 saturated heterocycles. The number of amides is 2. The van der Waals surface area contributed by atoms with Gasteiger partial charge in [-0.15, -0.1) is 0 Å². The van der Waals surface area contributed by atoms with Crippen LogP contribution in [0.1, 0.15) is 81.1 Å². The molecule has 1 N–H and O–H groups in total. The Balaban J connectivity index is 3.24. The molecular formula is C24H41NO8. The highest BCUT2D eigenvalue weighted by Crippen LogP contribution is 2.24. The van der Waals surface area contributed by atoms with Crippen molar-refractivity contribution in [2.45, 2.75) is 117 Å². The molecule has 0 aliphatic carbocycles. The van der Waals surface area contributed by atoms with Gasteiger partial charge in [0.05, 0.1) is 12.7 Å². The SMILES string of the molecule is C=C(C)CO[C@H]1[C@H](C)OC(=O)[C@@H](N(C(=O)OC(C)(C)C)C(=O)OC(C)(C)C)CCCC[C@@H]1O. The Kier molecular flexibility index (Phi) is 10.4. The van der Waals surface area contributed by atoms with Gasteiger partial charge in [-0.05, 0) is 68.2 Å². The van der Waals surface area contributed by atoms with Gasteiger partial charge in [0, 0.05) is 0 Å². The monoisotopic (exact) mass is 471 g/mol. The molecule has 0 spiro atoms. The van der Waals surface area contributed by atoms with Gasteiger partial charge in [0.15, 0.2) is 0 Å². The first-order chi connectivity index (χ1) is 15.0. The summed E-state index contributed by atoms with van der Waals surface area (Å²) in [7, 11) is 0. The quantitative estimate of drug-likeness (QED) is 0.366. The number of carbonyl (C=O) groups excluding carboxylic acids is 3. The Morgan fingerprint density at radius 3 is 2.00 bits per heavy atom. The van der Waals surface area contributed by atoms with E-state index in [1.165, 1.54) is 0 Å². The van der Waals surface area contributed by atoms with Crippen LogP contribution in [0.25, 0.3) is 0 Å². The summed E-state index contributed by atoms with van der Waals surface area (Å²) >= 11 is 0. The number of aliphatic hydroxyl groups excluding tert-OH is 1. The second-order valence-corrected chi connectivity index (χ2v) is 10.6. The lowest BCUT2D eigenvalue weighted by Crippen LogP contribution is -2.54. The first-order valence-corrected chi connectivity index (χ1v) is 11.4. The van der Waals surface area contributed by atoms with E-state index in [9.17, 15) is 19.5 Å². The Morgan fingerprint density at radius 2 is 1.55 bits per heavy atom. The molecule has 190 valence electrons. The zero-order valence-electron chi connectivity index (χ0n) is 21.3. The number of rotatable bonds is 4. The van der Waals surface area contributed by atoms with Crippen LogP contribution < -0.4 is 0 Å². The Hall–Kier alpha value is -2.13. The predicted octanol–water partition coefficient (Wildman–Crippen LogP) is 4.36. The number of aliphatic hydroxyl groups is 1. The molecule has 9 nitrogen and oxygen atoms in total. The van der Waals surface area contributed by atoms with Crippen molar-refractivity contribution in [1.29, 1.82) is 0 Å². The minimum Gasteiger partial charge on any atom is -0.458 e. The van der Waals surface area contributed by atoms with E-state index in [4.69, 9.17) is 18.9 Å². The maximum Gasteiger partial charge on any atom is 0.420 e. The largest absolute Gasteiger partial charge is 0.458 e. The fraction of sp³-hybridized carbons (Fsp3) is 0.792. The van der Waals surface area contributed by atoms with Crippen molar-refractivity contribution < 1.29 is 38.4 Å². The lowest BCUT2D eigenvalue weighted by Gasteiger charge is -2.35. The van der Waals surface area contributed by atoms with Gasteiger partial charge in [0.25, 0.3) is 0 Å². The van der Waals surface area contributed by atoms with E-state index in [0.29, 0.717) is 24.2 Å². The average molecular weight is 472 g/mol. The second kappa shape index (κ2) is 11.8. The van der Waals surface area contributed by atoms with Crippen molar-refractivity contribution in [2.24, 2.45) is 0 Å². The van der Waals surface area contributed by atoms with Crippen molar-refractivity contribution in [3.63, 3.8) is 0 Å². The lowest BCUT2D eigenvalue weighted by molar-refractivity contribution is -0.169. The molecule has 0 saturated carbocycles. The first-order valence-electron chi connectivity index (χ1n) is 11.4. The molecule has 1 heterocycles. The zero-order valence-corrected chi connectivity index (χ0v) is 21.3. The number of esters is 1. The first kappa shape index (κ1) is 28.9. The van der Waals surface area contributed by atoms with Crippen LogP contribution in [-0.2, 0) is 23.7 Å². The summed E-state index contributed by atoms with van der Waals surface area (Å²) in [5.41, 5.74) is -1.02. The van der Waals surface area contributed by atoms with E-state index in [2.05, 4.69) is 6.58 Å². The summed E-state index contributed by atoms with van der Waals surface area (Å²) in [6.07, 6.45) is -2.84. The van der Waals surface area contributed by atoms with E-state index in [0.717, 1.165) is 5.57 Å². The third kappa shape index (κ3) is 10.1. The van der Waals surface area contributed by atoms with Crippen molar-refractivity contribution in [3.05, 3.63) is 12.2 Å². The van der Waals surface area contributed by atoms with Crippen molar-refractivity contribution in [2.75, 3.05) is 6.61 Å². The van der Waals surface area contributed by atoms with Crippen LogP contribution in [0, 0.1) is 0 Å². The van der Waals surface area contributed by atoms with Crippen molar-refractivity contribution in [1.82, 2.24) is 4.90 Å². The molecule has 0 bridgehead atoms. The summed E-state index contributed by atoms with van der Waals surface area (Å²) in [5.74, 6) is -0.794. The number of ether oxygens (including phenoxy) is 4. The normalized spacial score (nSPS) is 24.9. The number of hydrogen-bond acceptors (Lipinski definition) is 8. The molecule has 2 amide bonds. The second-order valence-electron chi connectivity index (χ2n) is 10.6. The fourth-order valence-corrected chi connectivity index (χ4v) is 3.29. The lowest BCUT2D eigenvalue weighted by atomic mass is 9.99. The Morgan fingerprint density at radius 1 is 1.06 bits per heavy atom. The van der Waals surface area contributed by atoms with Crippen molar-refractivity contribution in [3.8, 4) is 0 Å². The van der Waals surface area contributed by atoms with Gasteiger partial charge in [-0.2, -0.15) is 4.90 Å². The minimum atomic E-state index is -1.24. The molecule has 1 fully saturated rings. The highest BCUT2D eigenvalue weighted by Gasteiger charge is 2.42. The summed E-state index contributed by atoms with van der Waals surface area (Å²) in [6, 6.07) is -1.24. The summed E-state index contributed by atoms with van der Waals surface area (Å²) in [4.78, 5) is 39.8. The number of cyclic esters (lactones) is 1. The molecule has 0 aromatic heterocycles. The van der Waals surface area contributed by atoms with Crippen LogP contribution >= 0.6 is 0 Å². The molecule has 1 aliphatic rings. The molecule has 1 aliphatic heterocycles.